The molecule has 3 atom stereocenters. The van der Waals surface area contributed by atoms with Crippen LogP contribution in [0.5, 0.6) is 0 Å². The lowest BCUT2D eigenvalue weighted by Crippen LogP contribution is -2.52. The van der Waals surface area contributed by atoms with Crippen LogP contribution in [-0.2, 0) is 0 Å². The molecule has 1 saturated heterocycles. The Morgan fingerprint density at radius 2 is 2.11 bits per heavy atom. The number of carbonyl (C=O) groups excluding carboxylic acids is 1. The molecule has 0 bridgehead atoms. The number of urea groups is 1. The molecule has 1 saturated carbocycles. The summed E-state index contributed by atoms with van der Waals surface area (Å²) in [5, 5.41) is 12.9. The van der Waals surface area contributed by atoms with Crippen LogP contribution in [0.1, 0.15) is 52.9 Å². The summed E-state index contributed by atoms with van der Waals surface area (Å²) in [6.07, 6.45) is 5.18. The fraction of sp³-hybridized carbons (Fsp3) is 0.933. The van der Waals surface area contributed by atoms with Gasteiger partial charge in [0.05, 0.1) is 6.10 Å². The van der Waals surface area contributed by atoms with Gasteiger partial charge in [-0.15, -0.1) is 0 Å². The number of piperidine rings is 1. The highest BCUT2D eigenvalue weighted by atomic mass is 16.3. The van der Waals surface area contributed by atoms with Crippen LogP contribution in [0.2, 0.25) is 0 Å². The van der Waals surface area contributed by atoms with Gasteiger partial charge in [0.2, 0.25) is 0 Å². The molecule has 0 radical (unpaired) electrons. The minimum absolute atomic E-state index is 0.0605. The van der Waals surface area contributed by atoms with Crippen molar-refractivity contribution in [2.45, 2.75) is 65.0 Å². The fourth-order valence-electron chi connectivity index (χ4n) is 3.42. The molecule has 0 aromatic carbocycles. The number of hydrogen-bond acceptors (Lipinski definition) is 2. The van der Waals surface area contributed by atoms with E-state index in [1.54, 1.807) is 0 Å². The Morgan fingerprint density at radius 1 is 1.37 bits per heavy atom. The second-order valence-corrected chi connectivity index (χ2v) is 6.97. The molecule has 2 N–H and O–H groups in total. The zero-order valence-electron chi connectivity index (χ0n) is 12.5. The van der Waals surface area contributed by atoms with Gasteiger partial charge in [-0.1, -0.05) is 20.3 Å². The Labute approximate surface area is 116 Å². The van der Waals surface area contributed by atoms with Crippen LogP contribution in [0.15, 0.2) is 0 Å². The molecule has 1 heterocycles. The lowest BCUT2D eigenvalue weighted by molar-refractivity contribution is 0.0723. The van der Waals surface area contributed by atoms with E-state index < -0.39 is 0 Å². The van der Waals surface area contributed by atoms with Crippen LogP contribution >= 0.6 is 0 Å². The van der Waals surface area contributed by atoms with Gasteiger partial charge in [0.25, 0.3) is 0 Å². The topological polar surface area (TPSA) is 52.6 Å². The van der Waals surface area contributed by atoms with E-state index in [2.05, 4.69) is 19.2 Å². The van der Waals surface area contributed by atoms with Crippen molar-refractivity contribution >= 4 is 6.03 Å². The van der Waals surface area contributed by atoms with Crippen molar-refractivity contribution in [3.63, 3.8) is 0 Å². The largest absolute Gasteiger partial charge is 0.393 e. The van der Waals surface area contributed by atoms with E-state index in [1.807, 2.05) is 11.8 Å². The number of likely N-dealkylation sites (tertiary alicyclic amines) is 1. The van der Waals surface area contributed by atoms with Gasteiger partial charge < -0.3 is 15.3 Å². The molecule has 2 amide bonds. The third-order valence-electron chi connectivity index (χ3n) is 4.98. The highest BCUT2D eigenvalue weighted by molar-refractivity contribution is 5.74. The van der Waals surface area contributed by atoms with Crippen LogP contribution < -0.4 is 5.32 Å². The lowest BCUT2D eigenvalue weighted by Gasteiger charge is -2.36. The molecule has 4 heteroatoms. The summed E-state index contributed by atoms with van der Waals surface area (Å²) in [5.74, 6) is 0.232. The van der Waals surface area contributed by atoms with Crippen molar-refractivity contribution in [2.75, 3.05) is 13.1 Å². The highest BCUT2D eigenvalue weighted by Crippen LogP contribution is 2.37. The molecule has 3 unspecified atom stereocenters. The molecular formula is C15H28N2O2. The van der Waals surface area contributed by atoms with Crippen molar-refractivity contribution in [2.24, 2.45) is 11.3 Å². The average Bonchev–Trinajstić information content (AvgIpc) is 2.69. The summed E-state index contributed by atoms with van der Waals surface area (Å²) in [5.41, 5.74) is 0.217. The van der Waals surface area contributed by atoms with E-state index in [4.69, 9.17) is 0 Å². The van der Waals surface area contributed by atoms with Gasteiger partial charge in [-0.05, 0) is 38.0 Å². The fourth-order valence-corrected chi connectivity index (χ4v) is 3.42. The standard InChI is InChI=1S/C15H28N2O2/c1-11(18)12-6-5-9-17(10-12)14(19)16-13-7-4-8-15(13,2)3/h11-13,18H,4-10H2,1-3H3,(H,16,19). The number of hydrogen-bond donors (Lipinski definition) is 2. The number of aliphatic hydroxyl groups is 1. The molecule has 19 heavy (non-hydrogen) atoms. The predicted molar refractivity (Wildman–Crippen MR) is 75.9 cm³/mol. The first-order valence-electron chi connectivity index (χ1n) is 7.63. The summed E-state index contributed by atoms with van der Waals surface area (Å²) in [7, 11) is 0. The number of nitrogens with one attached hydrogen (secondary N) is 1. The van der Waals surface area contributed by atoms with E-state index in [0.29, 0.717) is 12.6 Å². The Kier molecular flexibility index (Phi) is 4.39. The third-order valence-corrected chi connectivity index (χ3v) is 4.98. The molecule has 0 spiro atoms. The van der Waals surface area contributed by atoms with Crippen molar-refractivity contribution in [1.82, 2.24) is 10.2 Å². The Balaban J connectivity index is 1.89. The van der Waals surface area contributed by atoms with Gasteiger partial charge in [-0.2, -0.15) is 0 Å². The normalized spacial score (nSPS) is 32.1. The molecule has 2 aliphatic rings. The maximum absolute atomic E-state index is 12.3. The summed E-state index contributed by atoms with van der Waals surface area (Å²) in [6.45, 7) is 7.81. The Morgan fingerprint density at radius 3 is 2.68 bits per heavy atom. The molecule has 4 nitrogen and oxygen atoms in total. The van der Waals surface area contributed by atoms with E-state index in [1.165, 1.54) is 12.8 Å². The first-order valence-corrected chi connectivity index (χ1v) is 7.63. The van der Waals surface area contributed by atoms with Gasteiger partial charge >= 0.3 is 6.03 Å². The van der Waals surface area contributed by atoms with Gasteiger partial charge in [0.15, 0.2) is 0 Å². The average molecular weight is 268 g/mol. The Hall–Kier alpha value is -0.770. The smallest absolute Gasteiger partial charge is 0.317 e. The first-order chi connectivity index (χ1) is 8.90. The maximum Gasteiger partial charge on any atom is 0.317 e. The van der Waals surface area contributed by atoms with Gasteiger partial charge in [-0.25, -0.2) is 4.79 Å². The van der Waals surface area contributed by atoms with E-state index >= 15 is 0 Å². The zero-order chi connectivity index (χ0) is 14.0. The molecular weight excluding hydrogens is 240 g/mol. The molecule has 1 aliphatic carbocycles. The summed E-state index contributed by atoms with van der Waals surface area (Å²) in [4.78, 5) is 14.2. The lowest BCUT2D eigenvalue weighted by atomic mass is 9.87. The Bertz CT molecular complexity index is 328. The molecule has 2 rings (SSSR count). The monoisotopic (exact) mass is 268 g/mol. The molecule has 110 valence electrons. The number of aliphatic hydroxyl groups excluding tert-OH is 1. The number of rotatable bonds is 2. The van der Waals surface area contributed by atoms with Crippen LogP contribution in [0.3, 0.4) is 0 Å². The van der Waals surface area contributed by atoms with Crippen molar-refractivity contribution in [1.29, 1.82) is 0 Å². The zero-order valence-corrected chi connectivity index (χ0v) is 12.5. The number of carbonyl (C=O) groups is 1. The van der Waals surface area contributed by atoms with Crippen molar-refractivity contribution < 1.29 is 9.90 Å². The van der Waals surface area contributed by atoms with E-state index in [9.17, 15) is 9.90 Å². The molecule has 1 aliphatic heterocycles. The SMILES string of the molecule is CC(O)C1CCCN(C(=O)NC2CCCC2(C)C)C1. The van der Waals surface area contributed by atoms with Gasteiger partial charge in [-0.3, -0.25) is 0 Å². The highest BCUT2D eigenvalue weighted by Gasteiger charge is 2.36. The van der Waals surface area contributed by atoms with E-state index in [-0.39, 0.29) is 23.5 Å². The van der Waals surface area contributed by atoms with E-state index in [0.717, 1.165) is 25.8 Å². The predicted octanol–water partition coefficient (Wildman–Crippen LogP) is 2.37. The first kappa shape index (κ1) is 14.6. The second-order valence-electron chi connectivity index (χ2n) is 6.97. The van der Waals surface area contributed by atoms with Crippen LogP contribution in [-0.4, -0.2) is 41.3 Å². The quantitative estimate of drug-likeness (QED) is 0.808. The second kappa shape index (κ2) is 5.70. The number of amides is 2. The minimum Gasteiger partial charge on any atom is -0.393 e. The summed E-state index contributed by atoms with van der Waals surface area (Å²) in [6, 6.07) is 0.359. The molecule has 0 aromatic heterocycles. The summed E-state index contributed by atoms with van der Waals surface area (Å²) < 4.78 is 0. The van der Waals surface area contributed by atoms with Gasteiger partial charge in [0.1, 0.15) is 0 Å². The third kappa shape index (κ3) is 3.41. The number of nitrogens with zero attached hydrogens (tertiary/aromatic N) is 1. The van der Waals surface area contributed by atoms with Gasteiger partial charge in [0, 0.05) is 25.0 Å². The van der Waals surface area contributed by atoms with Crippen molar-refractivity contribution in [3.05, 3.63) is 0 Å². The molecule has 2 fully saturated rings. The van der Waals surface area contributed by atoms with Crippen LogP contribution in [0.4, 0.5) is 4.79 Å². The minimum atomic E-state index is -0.321. The summed E-state index contributed by atoms with van der Waals surface area (Å²) >= 11 is 0. The van der Waals surface area contributed by atoms with Crippen LogP contribution in [0.25, 0.3) is 0 Å². The molecule has 0 aromatic rings. The van der Waals surface area contributed by atoms with Crippen LogP contribution in [0, 0.1) is 11.3 Å². The maximum atomic E-state index is 12.3. The van der Waals surface area contributed by atoms with Crippen molar-refractivity contribution in [3.8, 4) is 0 Å².